The lowest BCUT2D eigenvalue weighted by molar-refractivity contribution is 0.0945. The summed E-state index contributed by atoms with van der Waals surface area (Å²) in [5.74, 6) is -0.467. The number of hydrogen-bond acceptors (Lipinski definition) is 2. The largest absolute Gasteiger partial charge is 0.463 e. The van der Waals surface area contributed by atoms with Gasteiger partial charge in [0.15, 0.2) is 5.58 Å². The average molecular weight is 362 g/mol. The quantitative estimate of drug-likeness (QED) is 0.553. The molecular weight excluding hydrogens is 343 g/mol. The van der Waals surface area contributed by atoms with Crippen molar-refractivity contribution < 1.29 is 13.6 Å². The summed E-state index contributed by atoms with van der Waals surface area (Å²) in [6.07, 6.45) is 2.34. The highest BCUT2D eigenvalue weighted by atomic mass is 19.1. The van der Waals surface area contributed by atoms with E-state index in [-0.39, 0.29) is 11.7 Å². The number of aromatic nitrogens is 1. The Bertz CT molecular complexity index is 1070. The number of carbonyl (C=O) groups excluding carboxylic acids is 1. The van der Waals surface area contributed by atoms with Gasteiger partial charge >= 0.3 is 0 Å². The number of hydrogen-bond donors (Lipinski definition) is 1. The summed E-state index contributed by atoms with van der Waals surface area (Å²) < 4.78 is 20.8. The molecule has 4 nitrogen and oxygen atoms in total. The smallest absolute Gasteiger partial charge is 0.268 e. The molecular formula is C22H19FN2O2. The lowest BCUT2D eigenvalue weighted by atomic mass is 10.1. The van der Waals surface area contributed by atoms with Gasteiger partial charge in [-0.25, -0.2) is 4.39 Å². The standard InChI is InChI=1S/C22H19FN2O2/c23-18-8-4-7-17(13-18)15-25-19-10-12-27-21(19)14-20(25)22(26)24-11-9-16-5-2-1-3-6-16/h1-8,10,12-14H,9,11,15H2,(H,24,26). The van der Waals surface area contributed by atoms with E-state index < -0.39 is 0 Å². The molecule has 0 atom stereocenters. The van der Waals surface area contributed by atoms with Crippen molar-refractivity contribution in [3.05, 3.63) is 95.6 Å². The van der Waals surface area contributed by atoms with E-state index in [9.17, 15) is 9.18 Å². The molecule has 0 fully saturated rings. The zero-order chi connectivity index (χ0) is 18.6. The molecule has 2 heterocycles. The Morgan fingerprint density at radius 2 is 1.81 bits per heavy atom. The van der Waals surface area contributed by atoms with Crippen LogP contribution in [0.4, 0.5) is 4.39 Å². The molecule has 2 aromatic heterocycles. The highest BCUT2D eigenvalue weighted by molar-refractivity contribution is 5.97. The molecule has 0 aliphatic heterocycles. The van der Waals surface area contributed by atoms with Crippen LogP contribution < -0.4 is 5.32 Å². The molecule has 27 heavy (non-hydrogen) atoms. The Kier molecular flexibility index (Phi) is 4.75. The maximum Gasteiger partial charge on any atom is 0.268 e. The molecule has 0 radical (unpaired) electrons. The lowest BCUT2D eigenvalue weighted by Crippen LogP contribution is -2.28. The Morgan fingerprint density at radius 1 is 1.00 bits per heavy atom. The summed E-state index contributed by atoms with van der Waals surface area (Å²) in [5.41, 5.74) is 3.91. The van der Waals surface area contributed by atoms with Crippen LogP contribution in [0.3, 0.4) is 0 Å². The number of nitrogens with one attached hydrogen (secondary N) is 1. The van der Waals surface area contributed by atoms with Crippen molar-refractivity contribution in [2.24, 2.45) is 0 Å². The number of rotatable bonds is 6. The fourth-order valence-electron chi connectivity index (χ4n) is 3.21. The molecule has 0 bridgehead atoms. The Balaban J connectivity index is 1.54. The summed E-state index contributed by atoms with van der Waals surface area (Å²) in [6, 6.07) is 19.9. The minimum absolute atomic E-state index is 0.172. The number of nitrogens with zero attached hydrogens (tertiary/aromatic N) is 1. The topological polar surface area (TPSA) is 47.2 Å². The maximum atomic E-state index is 13.5. The molecule has 4 aromatic rings. The minimum atomic E-state index is -0.294. The van der Waals surface area contributed by atoms with Gasteiger partial charge in [-0.2, -0.15) is 0 Å². The first-order valence-electron chi connectivity index (χ1n) is 8.84. The average Bonchev–Trinajstić information content (AvgIpc) is 3.25. The van der Waals surface area contributed by atoms with Crippen molar-refractivity contribution in [2.45, 2.75) is 13.0 Å². The van der Waals surface area contributed by atoms with Gasteiger partial charge in [-0.3, -0.25) is 4.79 Å². The normalized spacial score (nSPS) is 11.0. The van der Waals surface area contributed by atoms with Crippen molar-refractivity contribution in [3.63, 3.8) is 0 Å². The van der Waals surface area contributed by atoms with E-state index in [2.05, 4.69) is 5.32 Å². The summed E-state index contributed by atoms with van der Waals surface area (Å²) in [4.78, 5) is 12.7. The highest BCUT2D eigenvalue weighted by Crippen LogP contribution is 2.22. The molecule has 0 saturated heterocycles. The van der Waals surface area contributed by atoms with Gasteiger partial charge in [0.25, 0.3) is 5.91 Å². The summed E-state index contributed by atoms with van der Waals surface area (Å²) in [6.45, 7) is 0.928. The summed E-state index contributed by atoms with van der Waals surface area (Å²) in [7, 11) is 0. The van der Waals surface area contributed by atoms with Gasteiger partial charge in [0.2, 0.25) is 0 Å². The predicted octanol–water partition coefficient (Wildman–Crippen LogP) is 4.39. The second-order valence-corrected chi connectivity index (χ2v) is 6.41. The third kappa shape index (κ3) is 3.77. The molecule has 0 unspecified atom stereocenters. The molecule has 2 aromatic carbocycles. The molecule has 1 amide bonds. The van der Waals surface area contributed by atoms with Gasteiger partial charge in [0.1, 0.15) is 11.5 Å². The zero-order valence-corrected chi connectivity index (χ0v) is 14.7. The van der Waals surface area contributed by atoms with E-state index in [1.54, 1.807) is 18.4 Å². The van der Waals surface area contributed by atoms with Gasteiger partial charge in [-0.05, 0) is 29.7 Å². The van der Waals surface area contributed by atoms with Gasteiger partial charge in [-0.1, -0.05) is 42.5 Å². The van der Waals surface area contributed by atoms with Crippen molar-refractivity contribution in [1.82, 2.24) is 9.88 Å². The fourth-order valence-corrected chi connectivity index (χ4v) is 3.21. The first-order chi connectivity index (χ1) is 13.2. The van der Waals surface area contributed by atoms with Crippen LogP contribution in [0.15, 0.2) is 77.4 Å². The third-order valence-corrected chi connectivity index (χ3v) is 4.53. The zero-order valence-electron chi connectivity index (χ0n) is 14.7. The van der Waals surface area contributed by atoms with Gasteiger partial charge in [0, 0.05) is 25.2 Å². The van der Waals surface area contributed by atoms with E-state index in [4.69, 9.17) is 4.42 Å². The molecule has 0 aliphatic carbocycles. The number of benzene rings is 2. The fraction of sp³-hybridized carbons (Fsp3) is 0.136. The number of halogens is 1. The predicted molar refractivity (Wildman–Crippen MR) is 102 cm³/mol. The van der Waals surface area contributed by atoms with E-state index >= 15 is 0 Å². The number of fused-ring (bicyclic) bond motifs is 1. The van der Waals surface area contributed by atoms with Gasteiger partial charge in [-0.15, -0.1) is 0 Å². The first-order valence-corrected chi connectivity index (χ1v) is 8.84. The van der Waals surface area contributed by atoms with Crippen molar-refractivity contribution >= 4 is 17.0 Å². The summed E-state index contributed by atoms with van der Waals surface area (Å²) in [5, 5.41) is 2.96. The van der Waals surface area contributed by atoms with Crippen LogP contribution >= 0.6 is 0 Å². The molecule has 5 heteroatoms. The van der Waals surface area contributed by atoms with E-state index in [0.717, 1.165) is 17.5 Å². The molecule has 136 valence electrons. The Labute approximate surface area is 156 Å². The molecule has 1 N–H and O–H groups in total. The molecule has 0 aliphatic rings. The van der Waals surface area contributed by atoms with Crippen LogP contribution in [0.5, 0.6) is 0 Å². The second kappa shape index (κ2) is 7.50. The monoisotopic (exact) mass is 362 g/mol. The van der Waals surface area contributed by atoms with E-state index in [1.807, 2.05) is 47.0 Å². The number of carbonyl (C=O) groups is 1. The van der Waals surface area contributed by atoms with Crippen LogP contribution in [0, 0.1) is 5.82 Å². The molecule has 0 saturated carbocycles. The lowest BCUT2D eigenvalue weighted by Gasteiger charge is -2.11. The Hall–Kier alpha value is -3.34. The molecule has 4 rings (SSSR count). The highest BCUT2D eigenvalue weighted by Gasteiger charge is 2.17. The maximum absolute atomic E-state index is 13.5. The number of furan rings is 1. The van der Waals surface area contributed by atoms with Crippen molar-refractivity contribution in [3.8, 4) is 0 Å². The van der Waals surface area contributed by atoms with Crippen LogP contribution in [0.1, 0.15) is 21.6 Å². The van der Waals surface area contributed by atoms with Crippen LogP contribution in [-0.4, -0.2) is 17.0 Å². The van der Waals surface area contributed by atoms with E-state index in [0.29, 0.717) is 24.4 Å². The van der Waals surface area contributed by atoms with Crippen LogP contribution in [-0.2, 0) is 13.0 Å². The SMILES string of the molecule is O=C(NCCc1ccccc1)c1cc2occc2n1Cc1cccc(F)c1. The van der Waals surface area contributed by atoms with Gasteiger partial charge < -0.3 is 14.3 Å². The van der Waals surface area contributed by atoms with Gasteiger partial charge in [0.05, 0.1) is 11.8 Å². The number of amides is 1. The van der Waals surface area contributed by atoms with E-state index in [1.165, 1.54) is 17.7 Å². The van der Waals surface area contributed by atoms with Crippen LogP contribution in [0.2, 0.25) is 0 Å². The van der Waals surface area contributed by atoms with Crippen molar-refractivity contribution in [2.75, 3.05) is 6.54 Å². The first kappa shape index (κ1) is 17.1. The Morgan fingerprint density at radius 3 is 2.63 bits per heavy atom. The van der Waals surface area contributed by atoms with Crippen LogP contribution in [0.25, 0.3) is 11.1 Å². The second-order valence-electron chi connectivity index (χ2n) is 6.41. The third-order valence-electron chi connectivity index (χ3n) is 4.53. The summed E-state index contributed by atoms with van der Waals surface area (Å²) >= 11 is 0. The minimum Gasteiger partial charge on any atom is -0.463 e. The van der Waals surface area contributed by atoms with Crippen molar-refractivity contribution in [1.29, 1.82) is 0 Å². The molecule has 0 spiro atoms.